The minimum absolute atomic E-state index is 0.0123. The fourth-order valence-electron chi connectivity index (χ4n) is 2.65. The Morgan fingerprint density at radius 3 is 2.60 bits per heavy atom. The number of aromatic nitrogens is 4. The van der Waals surface area contributed by atoms with Gasteiger partial charge < -0.3 is 11.1 Å². The average molecular weight is 342 g/mol. The molecule has 1 heterocycles. The summed E-state index contributed by atoms with van der Waals surface area (Å²) in [6.45, 7) is -0.331. The van der Waals surface area contributed by atoms with E-state index in [0.717, 1.165) is 28.6 Å². The van der Waals surface area contributed by atoms with Crippen molar-refractivity contribution >= 4 is 17.5 Å². The van der Waals surface area contributed by atoms with E-state index in [-0.39, 0.29) is 18.4 Å². The van der Waals surface area contributed by atoms with Crippen LogP contribution in [0.4, 0.5) is 5.69 Å². The summed E-state index contributed by atoms with van der Waals surface area (Å²) in [6.07, 6.45) is 6.63. The van der Waals surface area contributed by atoms with Gasteiger partial charge >= 0.3 is 5.69 Å². The summed E-state index contributed by atoms with van der Waals surface area (Å²) in [4.78, 5) is 35.2. The van der Waals surface area contributed by atoms with E-state index in [1.54, 1.807) is 24.3 Å². The molecular formula is C16H18N6O3. The number of carbonyl (C=O) groups is 2. The summed E-state index contributed by atoms with van der Waals surface area (Å²) < 4.78 is 1.94. The van der Waals surface area contributed by atoms with Crippen LogP contribution in [0.1, 0.15) is 19.3 Å². The van der Waals surface area contributed by atoms with Gasteiger partial charge in [0.2, 0.25) is 11.8 Å². The maximum Gasteiger partial charge on any atom is 0.368 e. The standard InChI is InChI=1S/C16H18N6O3/c17-14(23)10-21-16(25)22(20-19-21)13-8-6-12(7-9-13)18-15(24)11-4-2-1-3-5-11/h1-2,6-9,11H,3-5,10H2,(H2,17,23)(H,18,24)/t11-/m1/s1. The van der Waals surface area contributed by atoms with Crippen LogP contribution >= 0.6 is 0 Å². The number of anilines is 1. The second-order valence-electron chi connectivity index (χ2n) is 5.81. The fourth-order valence-corrected chi connectivity index (χ4v) is 2.65. The number of amides is 2. The molecule has 9 nitrogen and oxygen atoms in total. The normalized spacial score (nSPS) is 16.6. The SMILES string of the molecule is NC(=O)Cn1nnn(-c2ccc(NC(=O)[C@@H]3CC=CCC3)cc2)c1=O. The van der Waals surface area contributed by atoms with Gasteiger partial charge in [-0.15, -0.1) is 0 Å². The van der Waals surface area contributed by atoms with Crippen molar-refractivity contribution in [2.45, 2.75) is 25.8 Å². The molecule has 3 rings (SSSR count). The van der Waals surface area contributed by atoms with Crippen molar-refractivity contribution in [3.05, 3.63) is 46.9 Å². The van der Waals surface area contributed by atoms with Crippen molar-refractivity contribution in [2.75, 3.05) is 5.32 Å². The minimum Gasteiger partial charge on any atom is -0.368 e. The van der Waals surface area contributed by atoms with E-state index in [9.17, 15) is 14.4 Å². The highest BCUT2D eigenvalue weighted by molar-refractivity contribution is 5.92. The summed E-state index contributed by atoms with van der Waals surface area (Å²) in [7, 11) is 0. The summed E-state index contributed by atoms with van der Waals surface area (Å²) in [5, 5.41) is 10.2. The van der Waals surface area contributed by atoms with Gasteiger partial charge in [0.15, 0.2) is 0 Å². The summed E-state index contributed by atoms with van der Waals surface area (Å²) in [5.41, 5.74) is 5.59. The molecular weight excluding hydrogens is 324 g/mol. The molecule has 9 heteroatoms. The first kappa shape index (κ1) is 16.6. The number of primary amides is 1. The number of hydrogen-bond acceptors (Lipinski definition) is 5. The highest BCUT2D eigenvalue weighted by Gasteiger charge is 2.18. The van der Waals surface area contributed by atoms with E-state index < -0.39 is 11.6 Å². The van der Waals surface area contributed by atoms with Gasteiger partial charge in [-0.2, -0.15) is 9.36 Å². The first-order chi connectivity index (χ1) is 12.0. The Morgan fingerprint density at radius 2 is 1.96 bits per heavy atom. The third-order valence-corrected chi connectivity index (χ3v) is 3.96. The quantitative estimate of drug-likeness (QED) is 0.751. The summed E-state index contributed by atoms with van der Waals surface area (Å²) in [6, 6.07) is 6.65. The molecule has 0 aliphatic heterocycles. The first-order valence-corrected chi connectivity index (χ1v) is 7.92. The molecule has 3 N–H and O–H groups in total. The van der Waals surface area contributed by atoms with Gasteiger partial charge in [0.05, 0.1) is 5.69 Å². The Balaban J connectivity index is 1.71. The van der Waals surface area contributed by atoms with Gasteiger partial charge in [0.25, 0.3) is 0 Å². The number of carbonyl (C=O) groups excluding carboxylic acids is 2. The predicted octanol–water partition coefficient (Wildman–Crippen LogP) is 0.209. The molecule has 0 spiro atoms. The lowest BCUT2D eigenvalue weighted by Crippen LogP contribution is -2.30. The van der Waals surface area contributed by atoms with E-state index in [1.807, 2.05) is 6.08 Å². The zero-order valence-corrected chi connectivity index (χ0v) is 13.5. The van der Waals surface area contributed by atoms with Crippen LogP contribution in [0, 0.1) is 5.92 Å². The van der Waals surface area contributed by atoms with Crippen molar-refractivity contribution in [2.24, 2.45) is 11.7 Å². The molecule has 2 amide bonds. The van der Waals surface area contributed by atoms with Crippen LogP contribution in [0.3, 0.4) is 0 Å². The van der Waals surface area contributed by atoms with Crippen LogP contribution in [-0.4, -0.2) is 31.6 Å². The second kappa shape index (κ2) is 7.12. The molecule has 0 bridgehead atoms. The molecule has 0 fully saturated rings. The Kier molecular flexibility index (Phi) is 4.73. The maximum absolute atomic E-state index is 12.2. The molecule has 1 aromatic heterocycles. The van der Waals surface area contributed by atoms with Crippen LogP contribution in [0.5, 0.6) is 0 Å². The van der Waals surface area contributed by atoms with Crippen LogP contribution in [0.15, 0.2) is 41.2 Å². The van der Waals surface area contributed by atoms with Crippen molar-refractivity contribution in [3.63, 3.8) is 0 Å². The fraction of sp³-hybridized carbons (Fsp3) is 0.312. The summed E-state index contributed by atoms with van der Waals surface area (Å²) >= 11 is 0. The number of hydrogen-bond donors (Lipinski definition) is 2. The van der Waals surface area contributed by atoms with Gasteiger partial charge in [0, 0.05) is 11.6 Å². The van der Waals surface area contributed by atoms with Gasteiger partial charge in [-0.25, -0.2) is 4.79 Å². The van der Waals surface area contributed by atoms with E-state index in [2.05, 4.69) is 21.8 Å². The van der Waals surface area contributed by atoms with E-state index in [4.69, 9.17) is 5.73 Å². The number of tetrazole rings is 1. The topological polar surface area (TPSA) is 125 Å². The average Bonchev–Trinajstić information content (AvgIpc) is 2.96. The number of nitrogens with two attached hydrogens (primary N) is 1. The number of allylic oxidation sites excluding steroid dienone is 2. The van der Waals surface area contributed by atoms with Crippen molar-refractivity contribution in [1.29, 1.82) is 0 Å². The molecule has 0 radical (unpaired) electrons. The van der Waals surface area contributed by atoms with Gasteiger partial charge in [-0.3, -0.25) is 9.59 Å². The lowest BCUT2D eigenvalue weighted by Gasteiger charge is -2.17. The maximum atomic E-state index is 12.2. The zero-order valence-electron chi connectivity index (χ0n) is 13.5. The molecule has 25 heavy (non-hydrogen) atoms. The number of nitrogens with zero attached hydrogens (tertiary/aromatic N) is 4. The Hall–Kier alpha value is -3.23. The Bertz CT molecular complexity index is 865. The molecule has 1 aliphatic carbocycles. The van der Waals surface area contributed by atoms with E-state index >= 15 is 0 Å². The largest absolute Gasteiger partial charge is 0.368 e. The van der Waals surface area contributed by atoms with E-state index in [1.165, 1.54) is 0 Å². The number of benzene rings is 1. The van der Waals surface area contributed by atoms with Gasteiger partial charge in [-0.05, 0) is 54.0 Å². The zero-order chi connectivity index (χ0) is 17.8. The molecule has 1 aromatic carbocycles. The van der Waals surface area contributed by atoms with Crippen molar-refractivity contribution < 1.29 is 9.59 Å². The molecule has 2 aromatic rings. The number of nitrogens with one attached hydrogen (secondary N) is 1. The monoisotopic (exact) mass is 342 g/mol. The lowest BCUT2D eigenvalue weighted by atomic mass is 9.93. The molecule has 1 aliphatic rings. The van der Waals surface area contributed by atoms with Crippen LogP contribution in [0.25, 0.3) is 5.69 Å². The van der Waals surface area contributed by atoms with E-state index in [0.29, 0.717) is 11.4 Å². The molecule has 0 saturated carbocycles. The van der Waals surface area contributed by atoms with Crippen LogP contribution in [-0.2, 0) is 16.1 Å². The van der Waals surface area contributed by atoms with Gasteiger partial charge in [-0.1, -0.05) is 12.2 Å². The third-order valence-electron chi connectivity index (χ3n) is 3.96. The Morgan fingerprint density at radius 1 is 1.20 bits per heavy atom. The van der Waals surface area contributed by atoms with Crippen LogP contribution in [0.2, 0.25) is 0 Å². The smallest absolute Gasteiger partial charge is 0.368 e. The first-order valence-electron chi connectivity index (χ1n) is 7.92. The molecule has 1 atom stereocenters. The molecule has 0 unspecified atom stereocenters. The minimum atomic E-state index is -0.676. The van der Waals surface area contributed by atoms with Crippen molar-refractivity contribution in [1.82, 2.24) is 19.8 Å². The molecule has 130 valence electrons. The third kappa shape index (κ3) is 3.82. The predicted molar refractivity (Wildman–Crippen MR) is 89.9 cm³/mol. The molecule has 0 saturated heterocycles. The summed E-state index contributed by atoms with van der Waals surface area (Å²) in [5.74, 6) is -0.701. The highest BCUT2D eigenvalue weighted by Crippen LogP contribution is 2.20. The van der Waals surface area contributed by atoms with Gasteiger partial charge in [0.1, 0.15) is 6.54 Å². The number of rotatable bonds is 5. The van der Waals surface area contributed by atoms with Crippen LogP contribution < -0.4 is 16.7 Å². The highest BCUT2D eigenvalue weighted by atomic mass is 16.2. The second-order valence-corrected chi connectivity index (χ2v) is 5.81. The lowest BCUT2D eigenvalue weighted by molar-refractivity contribution is -0.120. The Labute approximate surface area is 143 Å². The van der Waals surface area contributed by atoms with Crippen molar-refractivity contribution in [3.8, 4) is 5.69 Å².